The Bertz CT molecular complexity index is 479. The molecule has 2 heteroatoms. The zero-order chi connectivity index (χ0) is 12.3. The minimum atomic E-state index is 0.674. The predicted octanol–water partition coefficient (Wildman–Crippen LogP) is 4.51. The average molecular weight is 246 g/mol. The summed E-state index contributed by atoms with van der Waals surface area (Å²) in [5, 5.41) is 0. The number of rotatable bonds is 4. The summed E-state index contributed by atoms with van der Waals surface area (Å²) in [6, 6.07) is 10.7. The minimum absolute atomic E-state index is 0.674. The second kappa shape index (κ2) is 5.37. The van der Waals surface area contributed by atoms with E-state index in [1.807, 2.05) is 11.3 Å². The van der Waals surface area contributed by atoms with Crippen molar-refractivity contribution in [1.29, 1.82) is 0 Å². The molecule has 0 unspecified atom stereocenters. The number of hydrogen-bond donors (Lipinski definition) is 0. The zero-order valence-corrected chi connectivity index (χ0v) is 11.4. The molecule has 0 aliphatic carbocycles. The lowest BCUT2D eigenvalue weighted by Gasteiger charge is -2.06. The summed E-state index contributed by atoms with van der Waals surface area (Å²) in [5.74, 6) is 0.967. The fourth-order valence-electron chi connectivity index (χ4n) is 1.86. The smallest absolute Gasteiger partial charge is 0.122 e. The third-order valence-electron chi connectivity index (χ3n) is 2.64. The summed E-state index contributed by atoms with van der Waals surface area (Å²) in [5.41, 5.74) is 2.50. The molecule has 0 spiro atoms. The van der Waals surface area contributed by atoms with Crippen molar-refractivity contribution in [2.24, 2.45) is 0 Å². The van der Waals surface area contributed by atoms with Crippen LogP contribution in [0.4, 0.5) is 0 Å². The minimum Gasteiger partial charge on any atom is -0.488 e. The summed E-state index contributed by atoms with van der Waals surface area (Å²) < 4.78 is 5.82. The second-order valence-electron chi connectivity index (χ2n) is 4.33. The van der Waals surface area contributed by atoms with E-state index < -0.39 is 0 Å². The first kappa shape index (κ1) is 12.2. The summed E-state index contributed by atoms with van der Waals surface area (Å²) in [7, 11) is 0. The van der Waals surface area contributed by atoms with Crippen LogP contribution in [0.15, 0.2) is 30.3 Å². The quantitative estimate of drug-likeness (QED) is 0.771. The predicted molar refractivity (Wildman–Crippen MR) is 73.9 cm³/mol. The van der Waals surface area contributed by atoms with E-state index >= 15 is 0 Å². The van der Waals surface area contributed by atoms with Crippen LogP contribution in [0.2, 0.25) is 0 Å². The van der Waals surface area contributed by atoms with E-state index in [1.54, 1.807) is 0 Å². The Labute approximate surface area is 107 Å². The Morgan fingerprint density at radius 3 is 2.24 bits per heavy atom. The Morgan fingerprint density at radius 2 is 1.65 bits per heavy atom. The molecule has 1 aromatic heterocycles. The Morgan fingerprint density at radius 1 is 1.00 bits per heavy atom. The van der Waals surface area contributed by atoms with E-state index in [2.05, 4.69) is 51.1 Å². The molecule has 0 saturated heterocycles. The first-order valence-corrected chi connectivity index (χ1v) is 6.77. The number of thiophene rings is 1. The van der Waals surface area contributed by atoms with E-state index in [4.69, 9.17) is 4.74 Å². The molecule has 1 heterocycles. The molecule has 0 N–H and O–H groups in total. The van der Waals surface area contributed by atoms with Gasteiger partial charge in [0.1, 0.15) is 12.4 Å². The molecule has 0 saturated carbocycles. The molecule has 17 heavy (non-hydrogen) atoms. The lowest BCUT2D eigenvalue weighted by molar-refractivity contribution is 0.309. The van der Waals surface area contributed by atoms with Crippen molar-refractivity contribution in [3.8, 4) is 5.75 Å². The standard InChI is InChI=1S/C15H18OS/c1-4-14-5-6-15(17-14)10-16-13-8-11(2)7-12(3)9-13/h5-9H,4,10H2,1-3H3. The van der Waals surface area contributed by atoms with Gasteiger partial charge in [-0.05, 0) is 55.7 Å². The Balaban J connectivity index is 2.01. The fraction of sp³-hybridized carbons (Fsp3) is 0.333. The molecule has 0 atom stereocenters. The first-order chi connectivity index (χ1) is 8.17. The molecule has 0 bridgehead atoms. The topological polar surface area (TPSA) is 9.23 Å². The molecule has 2 aromatic rings. The van der Waals surface area contributed by atoms with Gasteiger partial charge in [-0.15, -0.1) is 11.3 Å². The first-order valence-electron chi connectivity index (χ1n) is 5.96. The van der Waals surface area contributed by atoms with Gasteiger partial charge >= 0.3 is 0 Å². The largest absolute Gasteiger partial charge is 0.488 e. The van der Waals surface area contributed by atoms with Gasteiger partial charge in [-0.25, -0.2) is 0 Å². The van der Waals surface area contributed by atoms with Crippen molar-refractivity contribution in [2.45, 2.75) is 33.8 Å². The van der Waals surface area contributed by atoms with Gasteiger partial charge in [0, 0.05) is 9.75 Å². The average Bonchev–Trinajstić information content (AvgIpc) is 2.73. The maximum absolute atomic E-state index is 5.82. The van der Waals surface area contributed by atoms with Crippen LogP contribution in [0.1, 0.15) is 27.8 Å². The van der Waals surface area contributed by atoms with Crippen LogP contribution >= 0.6 is 11.3 Å². The molecular weight excluding hydrogens is 228 g/mol. The summed E-state index contributed by atoms with van der Waals surface area (Å²) in [6.45, 7) is 7.05. The van der Waals surface area contributed by atoms with Crippen molar-refractivity contribution in [2.75, 3.05) is 0 Å². The van der Waals surface area contributed by atoms with Crippen molar-refractivity contribution >= 4 is 11.3 Å². The van der Waals surface area contributed by atoms with Crippen LogP contribution in [0.3, 0.4) is 0 Å². The van der Waals surface area contributed by atoms with Gasteiger partial charge in [0.05, 0.1) is 0 Å². The number of hydrogen-bond acceptors (Lipinski definition) is 2. The van der Waals surface area contributed by atoms with Crippen LogP contribution < -0.4 is 4.74 Å². The monoisotopic (exact) mass is 246 g/mol. The molecular formula is C15H18OS. The van der Waals surface area contributed by atoms with Gasteiger partial charge in [0.25, 0.3) is 0 Å². The molecule has 1 aromatic carbocycles. The summed E-state index contributed by atoms with van der Waals surface area (Å²) >= 11 is 1.84. The second-order valence-corrected chi connectivity index (χ2v) is 5.59. The van der Waals surface area contributed by atoms with Crippen LogP contribution in [0.25, 0.3) is 0 Å². The maximum atomic E-state index is 5.82. The van der Waals surface area contributed by atoms with E-state index in [0.717, 1.165) is 12.2 Å². The molecule has 0 fully saturated rings. The SMILES string of the molecule is CCc1ccc(COc2cc(C)cc(C)c2)s1. The van der Waals surface area contributed by atoms with Crippen LogP contribution in [-0.4, -0.2) is 0 Å². The highest BCUT2D eigenvalue weighted by molar-refractivity contribution is 7.11. The lowest BCUT2D eigenvalue weighted by atomic mass is 10.1. The van der Waals surface area contributed by atoms with Crippen molar-refractivity contribution in [1.82, 2.24) is 0 Å². The highest BCUT2D eigenvalue weighted by Gasteiger charge is 2.01. The van der Waals surface area contributed by atoms with E-state index in [1.165, 1.54) is 20.9 Å². The van der Waals surface area contributed by atoms with Crippen molar-refractivity contribution < 1.29 is 4.74 Å². The van der Waals surface area contributed by atoms with E-state index in [-0.39, 0.29) is 0 Å². The highest BCUT2D eigenvalue weighted by Crippen LogP contribution is 2.21. The van der Waals surface area contributed by atoms with E-state index in [0.29, 0.717) is 6.61 Å². The normalized spacial score (nSPS) is 10.5. The van der Waals surface area contributed by atoms with E-state index in [9.17, 15) is 0 Å². The molecule has 0 aliphatic heterocycles. The van der Waals surface area contributed by atoms with Gasteiger partial charge in [-0.2, -0.15) is 0 Å². The number of benzene rings is 1. The summed E-state index contributed by atoms with van der Waals surface area (Å²) in [6.07, 6.45) is 1.11. The van der Waals surface area contributed by atoms with Gasteiger partial charge in [-0.3, -0.25) is 0 Å². The molecule has 1 nitrogen and oxygen atoms in total. The number of ether oxygens (including phenoxy) is 1. The third-order valence-corrected chi connectivity index (χ3v) is 3.85. The van der Waals surface area contributed by atoms with Crippen molar-refractivity contribution in [3.05, 3.63) is 51.2 Å². The van der Waals surface area contributed by atoms with Crippen LogP contribution in [0.5, 0.6) is 5.75 Å². The lowest BCUT2D eigenvalue weighted by Crippen LogP contribution is -1.93. The maximum Gasteiger partial charge on any atom is 0.122 e. The van der Waals surface area contributed by atoms with Gasteiger partial charge in [-0.1, -0.05) is 13.0 Å². The van der Waals surface area contributed by atoms with Gasteiger partial charge in [0.15, 0.2) is 0 Å². The van der Waals surface area contributed by atoms with Crippen LogP contribution in [0, 0.1) is 13.8 Å². The zero-order valence-electron chi connectivity index (χ0n) is 10.6. The number of aryl methyl sites for hydroxylation is 3. The summed E-state index contributed by atoms with van der Waals surface area (Å²) in [4.78, 5) is 2.71. The highest BCUT2D eigenvalue weighted by atomic mass is 32.1. The fourth-order valence-corrected chi connectivity index (χ4v) is 2.73. The van der Waals surface area contributed by atoms with Crippen molar-refractivity contribution in [3.63, 3.8) is 0 Å². The Kier molecular flexibility index (Phi) is 3.85. The van der Waals surface area contributed by atoms with Gasteiger partial charge < -0.3 is 4.74 Å². The molecule has 2 rings (SSSR count). The molecule has 0 radical (unpaired) electrons. The molecule has 0 aliphatic rings. The third kappa shape index (κ3) is 3.34. The molecule has 90 valence electrons. The Hall–Kier alpha value is -1.28. The van der Waals surface area contributed by atoms with Gasteiger partial charge in [0.2, 0.25) is 0 Å². The van der Waals surface area contributed by atoms with Crippen LogP contribution in [-0.2, 0) is 13.0 Å². The molecule has 0 amide bonds.